The molecule has 2 aromatic rings. The Morgan fingerprint density at radius 1 is 1.12 bits per heavy atom. The molecule has 0 amide bonds. The molecule has 0 spiro atoms. The first-order chi connectivity index (χ1) is 7.51. The van der Waals surface area contributed by atoms with Crippen LogP contribution in [0.4, 0.5) is 9.39 Å². The first kappa shape index (κ1) is 11.1. The molecule has 1 aromatic heterocycles. The highest BCUT2D eigenvalue weighted by Crippen LogP contribution is 2.29. The van der Waals surface area contributed by atoms with Gasteiger partial charge in [0.25, 0.3) is 0 Å². The van der Waals surface area contributed by atoms with Gasteiger partial charge >= 0.3 is 0 Å². The Hall–Kier alpha value is -1.40. The zero-order valence-electron chi connectivity index (χ0n) is 8.05. The average Bonchev–Trinajstić information content (AvgIpc) is 2.66. The lowest BCUT2D eigenvalue weighted by Gasteiger charge is -2.03. The molecular weight excluding hydrogens is 249 g/mol. The zero-order chi connectivity index (χ0) is 11.8. The first-order valence-corrected chi connectivity index (χ1v) is 6.72. The van der Waals surface area contributed by atoms with Gasteiger partial charge in [-0.2, -0.15) is 0 Å². The van der Waals surface area contributed by atoms with Gasteiger partial charge in [0.1, 0.15) is 15.7 Å². The van der Waals surface area contributed by atoms with Crippen molar-refractivity contribution in [2.45, 2.75) is 9.79 Å². The summed E-state index contributed by atoms with van der Waals surface area (Å²) in [6.07, 6.45) is 0. The van der Waals surface area contributed by atoms with Crippen molar-refractivity contribution in [1.29, 1.82) is 0 Å². The minimum absolute atomic E-state index is 0.0407. The fourth-order valence-corrected chi connectivity index (χ4v) is 3.63. The average molecular weight is 257 g/mol. The van der Waals surface area contributed by atoms with Crippen LogP contribution in [0, 0.1) is 5.82 Å². The lowest BCUT2D eigenvalue weighted by molar-refractivity contribution is 0.595. The van der Waals surface area contributed by atoms with Crippen LogP contribution in [-0.4, -0.2) is 8.42 Å². The largest absolute Gasteiger partial charge is 0.390 e. The molecule has 2 rings (SSSR count). The Labute approximate surface area is 96.3 Å². The van der Waals surface area contributed by atoms with Gasteiger partial charge in [0, 0.05) is 0 Å². The van der Waals surface area contributed by atoms with Crippen LogP contribution in [0.25, 0.3) is 0 Å². The molecule has 3 nitrogen and oxygen atoms in total. The quantitative estimate of drug-likeness (QED) is 0.840. The minimum Gasteiger partial charge on any atom is -0.390 e. The van der Waals surface area contributed by atoms with Crippen molar-refractivity contribution in [3.05, 3.63) is 41.5 Å². The van der Waals surface area contributed by atoms with E-state index in [4.69, 9.17) is 5.73 Å². The maximum absolute atomic E-state index is 12.7. The molecule has 2 N–H and O–H groups in total. The molecular formula is C10H8FNO2S2. The summed E-state index contributed by atoms with van der Waals surface area (Å²) in [5.41, 5.74) is 5.56. The molecule has 0 atom stereocenters. The number of anilines is 1. The highest BCUT2D eigenvalue weighted by atomic mass is 32.2. The van der Waals surface area contributed by atoms with E-state index in [9.17, 15) is 12.8 Å². The first-order valence-electron chi connectivity index (χ1n) is 4.35. The predicted octanol–water partition coefficient (Wildman–Crippen LogP) is 2.30. The minimum atomic E-state index is -3.62. The Balaban J connectivity index is 2.56. The van der Waals surface area contributed by atoms with Crippen LogP contribution in [-0.2, 0) is 9.84 Å². The number of hydrogen-bond acceptors (Lipinski definition) is 4. The lowest BCUT2D eigenvalue weighted by atomic mass is 10.4. The van der Waals surface area contributed by atoms with Crippen molar-refractivity contribution in [2.75, 3.05) is 5.73 Å². The molecule has 0 saturated heterocycles. The topological polar surface area (TPSA) is 60.2 Å². The third-order valence-corrected chi connectivity index (χ3v) is 4.77. The van der Waals surface area contributed by atoms with E-state index in [0.29, 0.717) is 0 Å². The third-order valence-electron chi connectivity index (χ3n) is 2.07. The second-order valence-corrected chi connectivity index (χ2v) is 5.97. The van der Waals surface area contributed by atoms with Gasteiger partial charge in [-0.25, -0.2) is 12.8 Å². The molecule has 6 heteroatoms. The van der Waals surface area contributed by atoms with Gasteiger partial charge in [0.2, 0.25) is 9.84 Å². The molecule has 1 heterocycles. The number of thiophene rings is 1. The predicted molar refractivity (Wildman–Crippen MR) is 60.6 cm³/mol. The van der Waals surface area contributed by atoms with Crippen molar-refractivity contribution < 1.29 is 12.8 Å². The van der Waals surface area contributed by atoms with Crippen molar-refractivity contribution >= 4 is 26.2 Å². The highest BCUT2D eigenvalue weighted by molar-refractivity contribution is 7.91. The maximum Gasteiger partial charge on any atom is 0.209 e. The normalized spacial score (nSPS) is 11.6. The van der Waals surface area contributed by atoms with Crippen LogP contribution in [0.1, 0.15) is 0 Å². The summed E-state index contributed by atoms with van der Waals surface area (Å²) >= 11 is 1.15. The number of nitrogen functional groups attached to an aromatic ring is 1. The molecule has 0 bridgehead atoms. The standard InChI is InChI=1S/C10H8FNO2S2/c11-7-1-3-8(4-2-7)16(13,14)9-5-6-15-10(9)12/h1-6H,12H2. The smallest absolute Gasteiger partial charge is 0.209 e. The Bertz CT molecular complexity index is 602. The number of halogens is 1. The van der Waals surface area contributed by atoms with E-state index in [1.165, 1.54) is 18.2 Å². The van der Waals surface area contributed by atoms with Gasteiger partial charge in [0.15, 0.2) is 0 Å². The Morgan fingerprint density at radius 3 is 2.25 bits per heavy atom. The van der Waals surface area contributed by atoms with Crippen LogP contribution in [0.2, 0.25) is 0 Å². The zero-order valence-corrected chi connectivity index (χ0v) is 9.69. The summed E-state index contributed by atoms with van der Waals surface area (Å²) < 4.78 is 36.7. The van der Waals surface area contributed by atoms with Crippen LogP contribution in [0.15, 0.2) is 45.5 Å². The van der Waals surface area contributed by atoms with E-state index < -0.39 is 15.7 Å². The van der Waals surface area contributed by atoms with Crippen molar-refractivity contribution in [1.82, 2.24) is 0 Å². The molecule has 0 aliphatic rings. The van der Waals surface area contributed by atoms with E-state index in [2.05, 4.69) is 0 Å². The fraction of sp³-hybridized carbons (Fsp3) is 0. The molecule has 0 radical (unpaired) electrons. The number of rotatable bonds is 2. The molecule has 0 unspecified atom stereocenters. The van der Waals surface area contributed by atoms with Crippen LogP contribution < -0.4 is 5.73 Å². The molecule has 0 aliphatic carbocycles. The summed E-state index contributed by atoms with van der Waals surface area (Å²) in [6, 6.07) is 6.10. The summed E-state index contributed by atoms with van der Waals surface area (Å²) in [5.74, 6) is -0.475. The van der Waals surface area contributed by atoms with Gasteiger partial charge in [0.05, 0.1) is 4.90 Å². The molecule has 0 aliphatic heterocycles. The van der Waals surface area contributed by atoms with E-state index in [0.717, 1.165) is 23.5 Å². The van der Waals surface area contributed by atoms with Gasteiger partial charge < -0.3 is 5.73 Å². The highest BCUT2D eigenvalue weighted by Gasteiger charge is 2.21. The van der Waals surface area contributed by atoms with E-state index in [1.807, 2.05) is 0 Å². The van der Waals surface area contributed by atoms with Gasteiger partial charge in [-0.1, -0.05) is 0 Å². The van der Waals surface area contributed by atoms with Gasteiger partial charge in [-0.05, 0) is 35.7 Å². The summed E-state index contributed by atoms with van der Waals surface area (Å²) in [6.45, 7) is 0. The van der Waals surface area contributed by atoms with Crippen LogP contribution >= 0.6 is 11.3 Å². The lowest BCUT2D eigenvalue weighted by Crippen LogP contribution is -2.03. The van der Waals surface area contributed by atoms with Crippen molar-refractivity contribution in [3.8, 4) is 0 Å². The Morgan fingerprint density at radius 2 is 1.75 bits per heavy atom. The molecule has 1 aromatic carbocycles. The SMILES string of the molecule is Nc1sccc1S(=O)(=O)c1ccc(F)cc1. The van der Waals surface area contributed by atoms with E-state index in [1.54, 1.807) is 5.38 Å². The van der Waals surface area contributed by atoms with Gasteiger partial charge in [-0.15, -0.1) is 11.3 Å². The van der Waals surface area contributed by atoms with Crippen LogP contribution in [0.3, 0.4) is 0 Å². The molecule has 0 saturated carbocycles. The van der Waals surface area contributed by atoms with Crippen molar-refractivity contribution in [3.63, 3.8) is 0 Å². The monoisotopic (exact) mass is 257 g/mol. The molecule has 16 heavy (non-hydrogen) atoms. The van der Waals surface area contributed by atoms with E-state index in [-0.39, 0.29) is 14.8 Å². The number of hydrogen-bond donors (Lipinski definition) is 1. The van der Waals surface area contributed by atoms with Gasteiger partial charge in [-0.3, -0.25) is 0 Å². The summed E-state index contributed by atoms with van der Waals surface area (Å²) in [7, 11) is -3.62. The number of nitrogens with two attached hydrogens (primary N) is 1. The molecule has 0 fully saturated rings. The summed E-state index contributed by atoms with van der Waals surface area (Å²) in [5, 5.41) is 1.84. The fourth-order valence-electron chi connectivity index (χ4n) is 1.27. The Kier molecular flexibility index (Phi) is 2.69. The number of sulfone groups is 1. The number of benzene rings is 1. The third kappa shape index (κ3) is 1.81. The second kappa shape index (κ2) is 3.88. The molecule has 84 valence electrons. The van der Waals surface area contributed by atoms with Crippen molar-refractivity contribution in [2.24, 2.45) is 0 Å². The van der Waals surface area contributed by atoms with Crippen LogP contribution in [0.5, 0.6) is 0 Å². The maximum atomic E-state index is 12.7. The summed E-state index contributed by atoms with van der Waals surface area (Å²) in [4.78, 5) is 0.114. The second-order valence-electron chi connectivity index (χ2n) is 3.11. The van der Waals surface area contributed by atoms with E-state index >= 15 is 0 Å².